The number of carbonyl (C=O) groups is 1. The first-order chi connectivity index (χ1) is 8.08. The lowest BCUT2D eigenvalue weighted by molar-refractivity contribution is -0.137. The lowest BCUT2D eigenvalue weighted by Crippen LogP contribution is -2.15. The lowest BCUT2D eigenvalue weighted by atomic mass is 9.87. The van der Waals surface area contributed by atoms with Crippen LogP contribution in [-0.2, 0) is 9.53 Å². The Morgan fingerprint density at radius 2 is 2.06 bits per heavy atom. The second-order valence-corrected chi connectivity index (χ2v) is 5.16. The highest BCUT2D eigenvalue weighted by molar-refractivity contribution is 5.91. The first kappa shape index (κ1) is 12.2. The van der Waals surface area contributed by atoms with Crippen LogP contribution in [0, 0.1) is 5.92 Å². The second-order valence-electron chi connectivity index (χ2n) is 5.16. The summed E-state index contributed by atoms with van der Waals surface area (Å²) in [6.45, 7) is 10.1. The second kappa shape index (κ2) is 4.91. The van der Waals surface area contributed by atoms with Gasteiger partial charge in [-0.3, -0.25) is 0 Å². The van der Waals surface area contributed by atoms with Crippen molar-refractivity contribution in [1.29, 1.82) is 0 Å². The fourth-order valence-electron chi connectivity index (χ4n) is 2.59. The van der Waals surface area contributed by atoms with Crippen LogP contribution in [0.1, 0.15) is 39.0 Å². The molecule has 0 unspecified atom stereocenters. The molecule has 0 radical (unpaired) electrons. The fraction of sp³-hybridized carbons (Fsp3) is 0.533. The minimum absolute atomic E-state index is 0.0964. The van der Waals surface area contributed by atoms with E-state index in [1.807, 2.05) is 0 Å². The van der Waals surface area contributed by atoms with E-state index in [2.05, 4.69) is 26.2 Å². The number of carbonyl (C=O) groups excluding carboxylic acids is 1. The SMILES string of the molecule is C=C1CCCC(C)=C[C@@H]2OC(=O)C(=C)[C@@H]2CC1. The van der Waals surface area contributed by atoms with Crippen LogP contribution >= 0.6 is 0 Å². The van der Waals surface area contributed by atoms with E-state index in [0.717, 1.165) is 32.1 Å². The first-order valence-corrected chi connectivity index (χ1v) is 6.31. The number of rotatable bonds is 0. The number of hydrogen-bond acceptors (Lipinski definition) is 2. The summed E-state index contributed by atoms with van der Waals surface area (Å²) in [5.74, 6) is -0.0822. The van der Waals surface area contributed by atoms with Gasteiger partial charge in [0, 0.05) is 11.5 Å². The Hall–Kier alpha value is -1.31. The largest absolute Gasteiger partial charge is 0.454 e. The van der Waals surface area contributed by atoms with Crippen molar-refractivity contribution in [3.8, 4) is 0 Å². The summed E-state index contributed by atoms with van der Waals surface area (Å²) in [5, 5.41) is 0. The van der Waals surface area contributed by atoms with Crippen LogP contribution in [0.2, 0.25) is 0 Å². The molecule has 1 heterocycles. The van der Waals surface area contributed by atoms with Gasteiger partial charge in [-0.15, -0.1) is 0 Å². The lowest BCUT2D eigenvalue weighted by Gasteiger charge is -2.18. The van der Waals surface area contributed by atoms with Crippen molar-refractivity contribution in [1.82, 2.24) is 0 Å². The minimum Gasteiger partial charge on any atom is -0.454 e. The van der Waals surface area contributed by atoms with Crippen molar-refractivity contribution in [3.63, 3.8) is 0 Å². The van der Waals surface area contributed by atoms with Crippen LogP contribution in [0.25, 0.3) is 0 Å². The summed E-state index contributed by atoms with van der Waals surface area (Å²) < 4.78 is 5.37. The summed E-state index contributed by atoms with van der Waals surface area (Å²) in [6.07, 6.45) is 7.21. The summed E-state index contributed by atoms with van der Waals surface area (Å²) in [5.41, 5.74) is 3.22. The van der Waals surface area contributed by atoms with Crippen molar-refractivity contribution >= 4 is 5.97 Å². The van der Waals surface area contributed by atoms with Gasteiger partial charge in [-0.05, 0) is 45.1 Å². The topological polar surface area (TPSA) is 26.3 Å². The van der Waals surface area contributed by atoms with Crippen molar-refractivity contribution in [2.75, 3.05) is 0 Å². The van der Waals surface area contributed by atoms with Gasteiger partial charge in [0.05, 0.1) is 0 Å². The number of esters is 1. The third-order valence-corrected chi connectivity index (χ3v) is 3.71. The standard InChI is InChI=1S/C15H20O2/c1-10-5-4-6-11(2)9-14-13(8-7-10)12(3)15(16)17-14/h9,13-14H,1,3-8H2,2H3/t13-,14-/m0/s1. The molecule has 0 aromatic rings. The van der Waals surface area contributed by atoms with E-state index in [9.17, 15) is 4.79 Å². The van der Waals surface area contributed by atoms with Gasteiger partial charge < -0.3 is 4.74 Å². The minimum atomic E-state index is -0.228. The molecule has 2 aliphatic rings. The van der Waals surface area contributed by atoms with Crippen LogP contribution in [0.4, 0.5) is 0 Å². The maximum absolute atomic E-state index is 11.6. The average Bonchev–Trinajstić information content (AvgIpc) is 2.52. The van der Waals surface area contributed by atoms with Gasteiger partial charge >= 0.3 is 5.97 Å². The molecule has 1 aliphatic heterocycles. The molecule has 2 rings (SSSR count). The molecule has 0 saturated carbocycles. The van der Waals surface area contributed by atoms with E-state index in [1.165, 1.54) is 11.1 Å². The summed E-state index contributed by atoms with van der Waals surface area (Å²) in [6, 6.07) is 0. The van der Waals surface area contributed by atoms with Crippen molar-refractivity contribution < 1.29 is 9.53 Å². The molecular weight excluding hydrogens is 212 g/mol. The molecule has 0 bridgehead atoms. The number of allylic oxidation sites excluding steroid dienone is 2. The van der Waals surface area contributed by atoms with Crippen molar-refractivity contribution in [2.45, 2.75) is 45.1 Å². The third kappa shape index (κ3) is 2.68. The van der Waals surface area contributed by atoms with E-state index >= 15 is 0 Å². The fourth-order valence-corrected chi connectivity index (χ4v) is 2.59. The molecule has 1 fully saturated rings. The Balaban J connectivity index is 2.21. The zero-order chi connectivity index (χ0) is 12.4. The van der Waals surface area contributed by atoms with Crippen molar-refractivity contribution in [2.24, 2.45) is 5.92 Å². The molecule has 92 valence electrons. The van der Waals surface area contributed by atoms with Crippen LogP contribution in [0.5, 0.6) is 0 Å². The summed E-state index contributed by atoms with van der Waals surface area (Å²) >= 11 is 0. The van der Waals surface area contributed by atoms with Crippen LogP contribution in [0.3, 0.4) is 0 Å². The van der Waals surface area contributed by atoms with Gasteiger partial charge in [0.2, 0.25) is 0 Å². The Bertz CT molecular complexity index is 390. The van der Waals surface area contributed by atoms with Crippen LogP contribution in [-0.4, -0.2) is 12.1 Å². The number of fused-ring (bicyclic) bond motifs is 1. The molecule has 0 aromatic heterocycles. The van der Waals surface area contributed by atoms with Crippen molar-refractivity contribution in [3.05, 3.63) is 36.0 Å². The van der Waals surface area contributed by atoms with Gasteiger partial charge in [0.25, 0.3) is 0 Å². The van der Waals surface area contributed by atoms with Crippen LogP contribution in [0.15, 0.2) is 36.0 Å². The Kier molecular flexibility index (Phi) is 3.51. The molecule has 1 aliphatic carbocycles. The Morgan fingerprint density at radius 3 is 2.82 bits per heavy atom. The Morgan fingerprint density at radius 1 is 1.29 bits per heavy atom. The molecule has 0 spiro atoms. The summed E-state index contributed by atoms with van der Waals surface area (Å²) in [4.78, 5) is 11.6. The Labute approximate surface area is 103 Å². The number of ether oxygens (including phenoxy) is 1. The highest BCUT2D eigenvalue weighted by Crippen LogP contribution is 2.34. The molecule has 0 aromatic carbocycles. The summed E-state index contributed by atoms with van der Waals surface area (Å²) in [7, 11) is 0. The molecular formula is C15H20O2. The third-order valence-electron chi connectivity index (χ3n) is 3.71. The monoisotopic (exact) mass is 232 g/mol. The molecule has 0 N–H and O–H groups in total. The normalized spacial score (nSPS) is 30.6. The van der Waals surface area contributed by atoms with Gasteiger partial charge in [-0.25, -0.2) is 4.79 Å². The van der Waals surface area contributed by atoms with Gasteiger partial charge in [0.15, 0.2) is 0 Å². The smallest absolute Gasteiger partial charge is 0.334 e. The van der Waals surface area contributed by atoms with E-state index < -0.39 is 0 Å². The predicted molar refractivity (Wildman–Crippen MR) is 68.5 cm³/mol. The van der Waals surface area contributed by atoms with Gasteiger partial charge in [-0.1, -0.05) is 24.3 Å². The maximum atomic E-state index is 11.6. The van der Waals surface area contributed by atoms with E-state index in [1.54, 1.807) is 0 Å². The molecule has 1 saturated heterocycles. The maximum Gasteiger partial charge on any atom is 0.334 e. The zero-order valence-corrected chi connectivity index (χ0v) is 10.5. The molecule has 2 heteroatoms. The van der Waals surface area contributed by atoms with Gasteiger partial charge in [-0.2, -0.15) is 0 Å². The highest BCUT2D eigenvalue weighted by atomic mass is 16.5. The quantitative estimate of drug-likeness (QED) is 0.363. The molecule has 0 amide bonds. The van der Waals surface area contributed by atoms with E-state index in [-0.39, 0.29) is 18.0 Å². The number of hydrogen-bond donors (Lipinski definition) is 0. The predicted octanol–water partition coefficient (Wildman–Crippen LogP) is 3.55. The zero-order valence-electron chi connectivity index (χ0n) is 10.5. The average molecular weight is 232 g/mol. The first-order valence-electron chi connectivity index (χ1n) is 6.31. The van der Waals surface area contributed by atoms with Gasteiger partial charge in [0.1, 0.15) is 6.10 Å². The van der Waals surface area contributed by atoms with E-state index in [0.29, 0.717) is 5.57 Å². The molecule has 17 heavy (non-hydrogen) atoms. The molecule has 2 nitrogen and oxygen atoms in total. The molecule has 2 atom stereocenters. The van der Waals surface area contributed by atoms with E-state index in [4.69, 9.17) is 4.74 Å². The highest BCUT2D eigenvalue weighted by Gasteiger charge is 2.37. The van der Waals surface area contributed by atoms with Crippen LogP contribution < -0.4 is 0 Å².